The highest BCUT2D eigenvalue weighted by Crippen LogP contribution is 2.41. The molecule has 2 aromatic rings. The van der Waals surface area contributed by atoms with Gasteiger partial charge in [0.25, 0.3) is 5.91 Å². The van der Waals surface area contributed by atoms with Crippen molar-refractivity contribution in [3.05, 3.63) is 69.1 Å². The normalized spacial score (nSPS) is 19.7. The van der Waals surface area contributed by atoms with Crippen molar-refractivity contribution >= 4 is 40.5 Å². The van der Waals surface area contributed by atoms with E-state index in [1.54, 1.807) is 25.3 Å². The van der Waals surface area contributed by atoms with Gasteiger partial charge >= 0.3 is 6.18 Å². The van der Waals surface area contributed by atoms with Gasteiger partial charge in [-0.2, -0.15) is 18.2 Å². The molecule has 1 saturated heterocycles. The number of nitrogens with zero attached hydrogens (tertiary/aromatic N) is 2. The maximum Gasteiger partial charge on any atom is 0.417 e. The van der Waals surface area contributed by atoms with E-state index < -0.39 is 22.4 Å². The van der Waals surface area contributed by atoms with Crippen molar-refractivity contribution in [1.29, 1.82) is 0 Å². The molecule has 0 spiro atoms. The lowest BCUT2D eigenvalue weighted by Crippen LogP contribution is -2.44. The molecule has 1 N–H and O–H groups in total. The number of rotatable bonds is 3. The van der Waals surface area contributed by atoms with Gasteiger partial charge in [0.2, 0.25) is 0 Å². The van der Waals surface area contributed by atoms with Crippen LogP contribution < -0.4 is 4.74 Å². The molecule has 0 bridgehead atoms. The van der Waals surface area contributed by atoms with Gasteiger partial charge in [-0.3, -0.25) is 4.79 Å². The Morgan fingerprint density at radius 3 is 2.61 bits per heavy atom. The zero-order valence-electron chi connectivity index (χ0n) is 17.5. The number of amidine groups is 1. The van der Waals surface area contributed by atoms with Crippen LogP contribution in [-0.2, 0) is 16.6 Å². The van der Waals surface area contributed by atoms with E-state index in [1.807, 2.05) is 17.0 Å². The van der Waals surface area contributed by atoms with Crippen molar-refractivity contribution in [2.24, 2.45) is 4.99 Å². The maximum atomic E-state index is 13.2. The van der Waals surface area contributed by atoms with E-state index >= 15 is 0 Å². The largest absolute Gasteiger partial charge is 0.497 e. The first-order valence-corrected chi connectivity index (χ1v) is 11.3. The van der Waals surface area contributed by atoms with Gasteiger partial charge in [0.05, 0.1) is 28.2 Å². The second-order valence-electron chi connectivity index (χ2n) is 7.80. The van der Waals surface area contributed by atoms with Crippen LogP contribution in [0.5, 0.6) is 5.75 Å². The highest BCUT2D eigenvalue weighted by Gasteiger charge is 2.40. The molecular formula is C23H20ClF3N2O3S. The Labute approximate surface area is 197 Å². The minimum atomic E-state index is -4.61. The first-order chi connectivity index (χ1) is 15.6. The quantitative estimate of drug-likeness (QED) is 0.583. The summed E-state index contributed by atoms with van der Waals surface area (Å²) in [6.07, 6.45) is -2.49. The molecule has 0 unspecified atom stereocenters. The number of aliphatic hydroxyl groups is 1. The highest BCUT2D eigenvalue weighted by molar-refractivity contribution is 8.18. The number of ether oxygens (including phenoxy) is 1. The fourth-order valence-corrected chi connectivity index (χ4v) is 4.99. The lowest BCUT2D eigenvalue weighted by Gasteiger charge is -2.39. The summed E-state index contributed by atoms with van der Waals surface area (Å²) in [7, 11) is 1.56. The van der Waals surface area contributed by atoms with Gasteiger partial charge in [0, 0.05) is 13.1 Å². The van der Waals surface area contributed by atoms with Gasteiger partial charge in [-0.1, -0.05) is 29.8 Å². The topological polar surface area (TPSA) is 62.1 Å². The number of hydrogen-bond acceptors (Lipinski definition) is 5. The van der Waals surface area contributed by atoms with Crippen molar-refractivity contribution in [2.75, 3.05) is 20.2 Å². The van der Waals surface area contributed by atoms with Crippen LogP contribution in [0.3, 0.4) is 0 Å². The summed E-state index contributed by atoms with van der Waals surface area (Å²) in [6, 6.07) is 10.8. The number of methoxy groups -OCH3 is 1. The molecular weight excluding hydrogens is 477 g/mol. The third-order valence-corrected chi connectivity index (χ3v) is 7.05. The number of halogens is 4. The molecule has 1 fully saturated rings. The number of carbonyl (C=O) groups excluding carboxylic acids is 1. The van der Waals surface area contributed by atoms with Crippen molar-refractivity contribution in [3.8, 4) is 5.75 Å². The Morgan fingerprint density at radius 1 is 1.21 bits per heavy atom. The molecule has 10 heteroatoms. The smallest absolute Gasteiger partial charge is 0.417 e. The standard InChI is InChI=1S/C23H20ClF3N2O3S/c1-32-16-4-2-3-14(11-16)12-19-20(30)28-21(33-19)29-9-7-22(31,8-10-29)15-5-6-18(24)17(13-15)23(25,26)27/h2-6,11-13,31H,7-10H2,1H3. The second-order valence-corrected chi connectivity index (χ2v) is 9.21. The number of carbonyl (C=O) groups is 1. The van der Waals surface area contributed by atoms with Gasteiger partial charge in [-0.25, -0.2) is 0 Å². The summed E-state index contributed by atoms with van der Waals surface area (Å²) in [5.74, 6) is 0.318. The van der Waals surface area contributed by atoms with Crippen molar-refractivity contribution in [1.82, 2.24) is 4.90 Å². The highest BCUT2D eigenvalue weighted by atomic mass is 35.5. The third-order valence-electron chi connectivity index (χ3n) is 5.67. The lowest BCUT2D eigenvalue weighted by atomic mass is 9.84. The van der Waals surface area contributed by atoms with Gasteiger partial charge < -0.3 is 14.7 Å². The molecule has 2 aromatic carbocycles. The molecule has 0 aromatic heterocycles. The fraction of sp³-hybridized carbons (Fsp3) is 0.304. The molecule has 0 atom stereocenters. The van der Waals surface area contributed by atoms with Gasteiger partial charge in [-0.15, -0.1) is 0 Å². The van der Waals surface area contributed by atoms with E-state index in [4.69, 9.17) is 16.3 Å². The minimum absolute atomic E-state index is 0.176. The Morgan fingerprint density at radius 2 is 1.94 bits per heavy atom. The molecule has 5 nitrogen and oxygen atoms in total. The maximum absolute atomic E-state index is 13.2. The van der Waals surface area contributed by atoms with Gasteiger partial charge in [-0.05, 0) is 66.1 Å². The zero-order chi connectivity index (χ0) is 23.8. The fourth-order valence-electron chi connectivity index (χ4n) is 3.80. The van der Waals surface area contributed by atoms with E-state index in [-0.39, 0.29) is 24.3 Å². The van der Waals surface area contributed by atoms with Crippen LogP contribution in [0.4, 0.5) is 13.2 Å². The number of amides is 1. The molecule has 0 aliphatic carbocycles. The average molecular weight is 497 g/mol. The summed E-state index contributed by atoms with van der Waals surface area (Å²) < 4.78 is 44.9. The van der Waals surface area contributed by atoms with E-state index in [9.17, 15) is 23.1 Å². The number of piperidine rings is 1. The van der Waals surface area contributed by atoms with Crippen LogP contribution >= 0.6 is 23.4 Å². The van der Waals surface area contributed by atoms with Crippen molar-refractivity contribution in [2.45, 2.75) is 24.6 Å². The van der Waals surface area contributed by atoms with Crippen LogP contribution in [-0.4, -0.2) is 41.3 Å². The Balaban J connectivity index is 1.46. The Kier molecular flexibility index (Phi) is 6.48. The van der Waals surface area contributed by atoms with Crippen LogP contribution in [0.15, 0.2) is 52.4 Å². The molecule has 0 radical (unpaired) electrons. The van der Waals surface area contributed by atoms with E-state index in [2.05, 4.69) is 4.99 Å². The predicted octanol–water partition coefficient (Wildman–Crippen LogP) is 5.32. The van der Waals surface area contributed by atoms with Crippen LogP contribution in [0.25, 0.3) is 6.08 Å². The summed E-state index contributed by atoms with van der Waals surface area (Å²) >= 11 is 6.94. The summed E-state index contributed by atoms with van der Waals surface area (Å²) in [5.41, 5.74) is -1.41. The second kappa shape index (κ2) is 9.04. The lowest BCUT2D eigenvalue weighted by molar-refractivity contribution is -0.137. The minimum Gasteiger partial charge on any atom is -0.497 e. The van der Waals surface area contributed by atoms with Gasteiger partial charge in [0.1, 0.15) is 5.75 Å². The monoisotopic (exact) mass is 496 g/mol. The number of benzene rings is 2. The average Bonchev–Trinajstić information content (AvgIpc) is 3.13. The number of thioether (sulfide) groups is 1. The third kappa shape index (κ3) is 5.05. The molecule has 4 rings (SSSR count). The number of aliphatic imine (C=N–C) groups is 1. The number of alkyl halides is 3. The summed E-state index contributed by atoms with van der Waals surface area (Å²) in [6.45, 7) is 0.679. The summed E-state index contributed by atoms with van der Waals surface area (Å²) in [5, 5.41) is 11.2. The first kappa shape index (κ1) is 23.7. The van der Waals surface area contributed by atoms with E-state index in [0.717, 1.165) is 17.7 Å². The molecule has 0 saturated carbocycles. The molecule has 33 heavy (non-hydrogen) atoms. The zero-order valence-corrected chi connectivity index (χ0v) is 19.1. The van der Waals surface area contributed by atoms with Crippen LogP contribution in [0.2, 0.25) is 5.02 Å². The molecule has 174 valence electrons. The van der Waals surface area contributed by atoms with E-state index in [0.29, 0.717) is 28.9 Å². The Bertz CT molecular complexity index is 1140. The number of likely N-dealkylation sites (tertiary alicyclic amines) is 1. The molecule has 2 aliphatic rings. The van der Waals surface area contributed by atoms with Crippen LogP contribution in [0, 0.1) is 0 Å². The molecule has 2 aliphatic heterocycles. The van der Waals surface area contributed by atoms with Gasteiger partial charge in [0.15, 0.2) is 5.17 Å². The number of hydrogen-bond donors (Lipinski definition) is 1. The Hall–Kier alpha value is -2.49. The molecule has 1 amide bonds. The van der Waals surface area contributed by atoms with Crippen molar-refractivity contribution < 1.29 is 27.8 Å². The van der Waals surface area contributed by atoms with Crippen LogP contribution in [0.1, 0.15) is 29.5 Å². The predicted molar refractivity (Wildman–Crippen MR) is 122 cm³/mol. The summed E-state index contributed by atoms with van der Waals surface area (Å²) in [4.78, 5) is 18.9. The van der Waals surface area contributed by atoms with Crippen molar-refractivity contribution in [3.63, 3.8) is 0 Å². The van der Waals surface area contributed by atoms with E-state index in [1.165, 1.54) is 17.8 Å². The SMILES string of the molecule is COc1cccc(C=C2SC(N3CCC(O)(c4ccc(Cl)c(C(F)(F)F)c4)CC3)=NC2=O)c1. The molecule has 2 heterocycles. The first-order valence-electron chi connectivity index (χ1n) is 10.1.